The summed E-state index contributed by atoms with van der Waals surface area (Å²) in [4.78, 5) is 0. The number of benzene rings is 3. The van der Waals surface area contributed by atoms with E-state index in [1.165, 1.54) is 0 Å². The molecule has 0 aliphatic carbocycles. The van der Waals surface area contributed by atoms with Gasteiger partial charge in [0.05, 0.1) is 21.8 Å². The molecule has 0 atom stereocenters. The molecule has 158 valence electrons. The molecule has 0 aliphatic rings. The number of nitrogens with one attached hydrogen (secondary N) is 1. The lowest BCUT2D eigenvalue weighted by Crippen LogP contribution is -2.04. The Morgan fingerprint density at radius 1 is 0.900 bits per heavy atom. The Labute approximate surface area is 204 Å². The lowest BCUT2D eigenvalue weighted by atomic mass is 10.2. The minimum atomic E-state index is 0.215. The Morgan fingerprint density at radius 3 is 2.33 bits per heavy atom. The van der Waals surface area contributed by atoms with E-state index in [1.54, 1.807) is 36.4 Å². The van der Waals surface area contributed by atoms with Crippen molar-refractivity contribution in [2.75, 3.05) is 11.9 Å². The Hall–Kier alpha value is -1.30. The van der Waals surface area contributed by atoms with E-state index in [9.17, 15) is 0 Å². The molecular weight excluding hydrogens is 532 g/mol. The first-order valence-electron chi connectivity index (χ1n) is 9.09. The van der Waals surface area contributed by atoms with Crippen LogP contribution >= 0.6 is 62.3 Å². The molecule has 0 bridgehead atoms. The van der Waals surface area contributed by atoms with Gasteiger partial charge in [0.25, 0.3) is 0 Å². The van der Waals surface area contributed by atoms with Crippen molar-refractivity contribution in [3.63, 3.8) is 0 Å². The zero-order valence-electron chi connectivity index (χ0n) is 15.9. The van der Waals surface area contributed by atoms with E-state index in [4.69, 9.17) is 55.9 Å². The first kappa shape index (κ1) is 23.4. The summed E-state index contributed by atoms with van der Waals surface area (Å²) in [6.07, 6.45) is 0. The van der Waals surface area contributed by atoms with Crippen molar-refractivity contribution < 1.29 is 9.47 Å². The van der Waals surface area contributed by atoms with Crippen LogP contribution in [0.25, 0.3) is 0 Å². The third-order valence-electron chi connectivity index (χ3n) is 4.20. The van der Waals surface area contributed by atoms with E-state index in [1.807, 2.05) is 19.1 Å². The number of ether oxygens (including phenoxy) is 2. The van der Waals surface area contributed by atoms with Crippen LogP contribution in [0.4, 0.5) is 5.69 Å². The van der Waals surface area contributed by atoms with Crippen LogP contribution < -0.4 is 14.8 Å². The van der Waals surface area contributed by atoms with E-state index < -0.39 is 0 Å². The monoisotopic (exact) mass is 547 g/mol. The minimum absolute atomic E-state index is 0.215. The zero-order valence-corrected chi connectivity index (χ0v) is 20.6. The lowest BCUT2D eigenvalue weighted by Gasteiger charge is -2.17. The van der Waals surface area contributed by atoms with Crippen molar-refractivity contribution in [2.45, 2.75) is 20.1 Å². The molecule has 0 unspecified atom stereocenters. The third-order valence-corrected chi connectivity index (χ3v) is 6.07. The van der Waals surface area contributed by atoms with Crippen molar-refractivity contribution >= 4 is 68.0 Å². The maximum absolute atomic E-state index is 6.25. The summed E-state index contributed by atoms with van der Waals surface area (Å²) in [7, 11) is 0. The third kappa shape index (κ3) is 5.89. The number of anilines is 1. The largest absolute Gasteiger partial charge is 0.490 e. The fraction of sp³-hybridized carbons (Fsp3) is 0.182. The van der Waals surface area contributed by atoms with Crippen LogP contribution in [-0.4, -0.2) is 6.61 Å². The van der Waals surface area contributed by atoms with Crippen LogP contribution in [0.3, 0.4) is 0 Å². The highest BCUT2D eigenvalue weighted by Gasteiger charge is 2.15. The second kappa shape index (κ2) is 10.8. The molecule has 0 spiro atoms. The fourth-order valence-corrected chi connectivity index (χ4v) is 4.24. The van der Waals surface area contributed by atoms with Crippen LogP contribution in [0.2, 0.25) is 20.1 Å². The highest BCUT2D eigenvalue weighted by molar-refractivity contribution is 9.10. The van der Waals surface area contributed by atoms with Crippen LogP contribution in [0.15, 0.2) is 53.0 Å². The predicted molar refractivity (Wildman–Crippen MR) is 130 cm³/mol. The van der Waals surface area contributed by atoms with Gasteiger partial charge in [-0.25, -0.2) is 0 Å². The minimum Gasteiger partial charge on any atom is -0.490 e. The highest BCUT2D eigenvalue weighted by atomic mass is 79.9. The Kier molecular flexibility index (Phi) is 8.44. The van der Waals surface area contributed by atoms with Crippen molar-refractivity contribution in [3.8, 4) is 11.5 Å². The molecule has 30 heavy (non-hydrogen) atoms. The first-order valence-corrected chi connectivity index (χ1v) is 11.4. The molecule has 1 N–H and O–H groups in total. The maximum Gasteiger partial charge on any atom is 0.175 e. The molecule has 3 nitrogen and oxygen atoms in total. The number of rotatable bonds is 8. The van der Waals surface area contributed by atoms with Crippen molar-refractivity contribution in [1.29, 1.82) is 0 Å². The molecule has 3 rings (SSSR count). The van der Waals surface area contributed by atoms with Gasteiger partial charge in [-0.1, -0.05) is 52.5 Å². The predicted octanol–water partition coefficient (Wildman–Crippen LogP) is 8.65. The fourth-order valence-electron chi connectivity index (χ4n) is 2.77. The summed E-state index contributed by atoms with van der Waals surface area (Å²) < 4.78 is 12.6. The summed E-state index contributed by atoms with van der Waals surface area (Å²) in [5.74, 6) is 1.20. The molecule has 0 amide bonds. The van der Waals surface area contributed by atoms with Gasteiger partial charge in [0.1, 0.15) is 6.61 Å². The summed E-state index contributed by atoms with van der Waals surface area (Å²) in [5.41, 5.74) is 2.45. The Balaban J connectivity index is 1.80. The van der Waals surface area contributed by atoms with E-state index >= 15 is 0 Å². The molecule has 0 radical (unpaired) electrons. The summed E-state index contributed by atoms with van der Waals surface area (Å²) >= 11 is 28.4. The first-order chi connectivity index (χ1) is 14.4. The average Bonchev–Trinajstić information content (AvgIpc) is 2.70. The Morgan fingerprint density at radius 2 is 1.63 bits per heavy atom. The standard InChI is InChI=1S/C22H18BrCl4NO2/c1-2-29-21-9-13(11-28-20-10-14(24)6-7-19(20)27)8-16(23)22(21)30-12-15-17(25)4-3-5-18(15)26/h3-10,28H,2,11-12H2,1H3. The summed E-state index contributed by atoms with van der Waals surface area (Å²) in [6, 6.07) is 14.5. The van der Waals surface area contributed by atoms with Crippen molar-refractivity contribution in [3.05, 3.63) is 84.2 Å². The smallest absolute Gasteiger partial charge is 0.175 e. The average molecular weight is 550 g/mol. The van der Waals surface area contributed by atoms with Crippen LogP contribution in [0, 0.1) is 0 Å². The quantitative estimate of drug-likeness (QED) is 0.305. The lowest BCUT2D eigenvalue weighted by molar-refractivity contribution is 0.267. The van der Waals surface area contributed by atoms with E-state index in [-0.39, 0.29) is 6.61 Å². The maximum atomic E-state index is 6.25. The molecule has 0 fully saturated rings. The molecule has 3 aromatic rings. The van der Waals surface area contributed by atoms with E-state index in [0.717, 1.165) is 21.3 Å². The number of hydrogen-bond donors (Lipinski definition) is 1. The van der Waals surface area contributed by atoms with Crippen LogP contribution in [0.5, 0.6) is 11.5 Å². The summed E-state index contributed by atoms with van der Waals surface area (Å²) in [6.45, 7) is 3.15. The molecule has 0 saturated heterocycles. The van der Waals surface area contributed by atoms with Gasteiger partial charge in [-0.05, 0) is 70.9 Å². The zero-order chi connectivity index (χ0) is 21.7. The molecule has 0 heterocycles. The van der Waals surface area contributed by atoms with Gasteiger partial charge in [-0.2, -0.15) is 0 Å². The van der Waals surface area contributed by atoms with Gasteiger partial charge < -0.3 is 14.8 Å². The topological polar surface area (TPSA) is 30.5 Å². The number of halogens is 5. The van der Waals surface area contributed by atoms with Gasteiger partial charge >= 0.3 is 0 Å². The van der Waals surface area contributed by atoms with Crippen LogP contribution in [0.1, 0.15) is 18.1 Å². The molecule has 3 aromatic carbocycles. The molecule has 0 saturated carbocycles. The molecular formula is C22H18BrCl4NO2. The van der Waals surface area contributed by atoms with E-state index in [2.05, 4.69) is 21.2 Å². The molecule has 0 aliphatic heterocycles. The SMILES string of the molecule is CCOc1cc(CNc2cc(Cl)ccc2Cl)cc(Br)c1OCc1c(Cl)cccc1Cl. The van der Waals surface area contributed by atoms with Gasteiger partial charge in [-0.3, -0.25) is 0 Å². The van der Waals surface area contributed by atoms with Gasteiger partial charge in [-0.15, -0.1) is 0 Å². The summed E-state index contributed by atoms with van der Waals surface area (Å²) in [5, 5.41) is 5.60. The van der Waals surface area contributed by atoms with Gasteiger partial charge in [0, 0.05) is 27.2 Å². The second-order valence-corrected chi connectivity index (χ2v) is 8.82. The normalized spacial score (nSPS) is 10.7. The van der Waals surface area contributed by atoms with Gasteiger partial charge in [0.2, 0.25) is 0 Å². The molecule has 0 aromatic heterocycles. The Bertz CT molecular complexity index is 1030. The van der Waals surface area contributed by atoms with Crippen molar-refractivity contribution in [2.24, 2.45) is 0 Å². The second-order valence-electron chi connectivity index (χ2n) is 6.30. The highest BCUT2D eigenvalue weighted by Crippen LogP contribution is 2.39. The van der Waals surface area contributed by atoms with Crippen LogP contribution in [-0.2, 0) is 13.2 Å². The molecule has 8 heteroatoms. The van der Waals surface area contributed by atoms with Crippen molar-refractivity contribution in [1.82, 2.24) is 0 Å². The van der Waals surface area contributed by atoms with E-state index in [0.29, 0.717) is 44.7 Å². The van der Waals surface area contributed by atoms with Gasteiger partial charge in [0.15, 0.2) is 11.5 Å². The number of hydrogen-bond acceptors (Lipinski definition) is 3.